The van der Waals surface area contributed by atoms with E-state index in [-0.39, 0.29) is 44.9 Å². The van der Waals surface area contributed by atoms with Gasteiger partial charge < -0.3 is 5.32 Å². The first-order chi connectivity index (χ1) is 21.1. The van der Waals surface area contributed by atoms with E-state index in [1.54, 1.807) is 0 Å². The molecule has 0 bridgehead atoms. The van der Waals surface area contributed by atoms with Crippen molar-refractivity contribution in [3.8, 4) is 21.8 Å². The first-order valence-corrected chi connectivity index (χ1v) is 15.8. The number of thiazole rings is 1. The number of amides is 2. The molecule has 0 radical (unpaired) electrons. The van der Waals surface area contributed by atoms with Gasteiger partial charge in [0.25, 0.3) is 15.9 Å². The van der Waals surface area contributed by atoms with Gasteiger partial charge >= 0.3 is 12.4 Å². The Balaban J connectivity index is 1.52. The summed E-state index contributed by atoms with van der Waals surface area (Å²) in [7, 11) is -4.29. The number of nitrogens with zero attached hydrogens (tertiary/aromatic N) is 1. The molecule has 0 unspecified atom stereocenters. The molecular weight excluding hydrogens is 644 g/mol. The third-order valence-corrected chi connectivity index (χ3v) is 8.78. The Labute approximate surface area is 258 Å². The molecule has 3 aromatic carbocycles. The van der Waals surface area contributed by atoms with Crippen LogP contribution in [0, 0.1) is 0 Å². The number of benzene rings is 3. The Morgan fingerprint density at radius 3 is 2.07 bits per heavy atom. The zero-order chi connectivity index (χ0) is 33.0. The first-order valence-electron chi connectivity index (χ1n) is 13.4. The smallest absolute Gasteiger partial charge is 0.321 e. The van der Waals surface area contributed by atoms with E-state index in [4.69, 9.17) is 0 Å². The van der Waals surface area contributed by atoms with Crippen molar-refractivity contribution in [3.63, 3.8) is 0 Å². The zero-order valence-corrected chi connectivity index (χ0v) is 25.1. The van der Waals surface area contributed by atoms with E-state index in [0.29, 0.717) is 24.1 Å². The third-order valence-electron chi connectivity index (χ3n) is 6.46. The minimum absolute atomic E-state index is 0.0308. The van der Waals surface area contributed by atoms with Crippen LogP contribution in [-0.2, 0) is 27.2 Å². The fourth-order valence-electron chi connectivity index (χ4n) is 4.20. The topological polar surface area (TPSA) is 105 Å². The second-order valence-electron chi connectivity index (χ2n) is 9.85. The summed E-state index contributed by atoms with van der Waals surface area (Å²) in [4.78, 5) is 29.0. The van der Waals surface area contributed by atoms with E-state index in [0.717, 1.165) is 24.2 Å². The molecule has 0 saturated heterocycles. The number of rotatable bonds is 10. The Morgan fingerprint density at radius 2 is 1.47 bits per heavy atom. The second-order valence-corrected chi connectivity index (χ2v) is 12.4. The van der Waals surface area contributed by atoms with Crippen molar-refractivity contribution < 1.29 is 44.3 Å². The van der Waals surface area contributed by atoms with Gasteiger partial charge in [-0.2, -0.15) is 26.3 Å². The number of nitrogens with one attached hydrogen (secondary N) is 2. The van der Waals surface area contributed by atoms with E-state index >= 15 is 0 Å². The van der Waals surface area contributed by atoms with E-state index in [1.807, 2.05) is 11.6 Å². The van der Waals surface area contributed by atoms with Crippen molar-refractivity contribution in [1.29, 1.82) is 0 Å². The van der Waals surface area contributed by atoms with Crippen LogP contribution in [0.3, 0.4) is 0 Å². The minimum Gasteiger partial charge on any atom is -0.321 e. The SMILES string of the molecule is CCCCCC(=O)NS(=O)(=O)c1ccccc1NC(=O)c1ccc(-c2nc(-c3cc(C(F)(F)F)cc(C(F)(F)F)c3)cs2)cc1. The largest absolute Gasteiger partial charge is 0.416 e. The van der Waals surface area contributed by atoms with Gasteiger partial charge in [0.05, 0.1) is 22.5 Å². The Morgan fingerprint density at radius 1 is 0.844 bits per heavy atom. The molecule has 2 N–H and O–H groups in total. The molecule has 0 aliphatic heterocycles. The molecule has 1 aromatic heterocycles. The lowest BCUT2D eigenvalue weighted by Gasteiger charge is -2.13. The van der Waals surface area contributed by atoms with Crippen LogP contribution in [0.2, 0.25) is 0 Å². The summed E-state index contributed by atoms with van der Waals surface area (Å²) >= 11 is 0.981. The molecular formula is C30H25F6N3O4S2. The van der Waals surface area contributed by atoms with Crippen LogP contribution in [-0.4, -0.2) is 25.2 Å². The molecule has 0 atom stereocenters. The Hall–Kier alpha value is -4.24. The number of para-hydroxylation sites is 1. The molecule has 0 spiro atoms. The van der Waals surface area contributed by atoms with Crippen molar-refractivity contribution >= 4 is 38.9 Å². The molecule has 0 aliphatic rings. The van der Waals surface area contributed by atoms with Gasteiger partial charge in [0.2, 0.25) is 5.91 Å². The predicted molar refractivity (Wildman–Crippen MR) is 157 cm³/mol. The highest BCUT2D eigenvalue weighted by atomic mass is 32.2. The number of anilines is 1. The quantitative estimate of drug-likeness (QED) is 0.131. The molecule has 238 valence electrons. The maximum atomic E-state index is 13.3. The van der Waals surface area contributed by atoms with Crippen molar-refractivity contribution in [2.45, 2.75) is 49.9 Å². The summed E-state index contributed by atoms with van der Waals surface area (Å²) in [5.41, 5.74) is -2.89. The number of halogens is 6. The number of carbonyl (C=O) groups is 2. The van der Waals surface area contributed by atoms with Gasteiger partial charge in [-0.25, -0.2) is 18.1 Å². The second kappa shape index (κ2) is 13.4. The number of sulfonamides is 1. The van der Waals surface area contributed by atoms with Gasteiger partial charge in [0.1, 0.15) is 9.90 Å². The zero-order valence-electron chi connectivity index (χ0n) is 23.4. The highest BCUT2D eigenvalue weighted by molar-refractivity contribution is 7.90. The van der Waals surface area contributed by atoms with Crippen LogP contribution >= 0.6 is 11.3 Å². The summed E-state index contributed by atoms with van der Waals surface area (Å²) < 4.78 is 107. The number of hydrogen-bond donors (Lipinski definition) is 2. The number of hydrogen-bond acceptors (Lipinski definition) is 6. The van der Waals surface area contributed by atoms with Gasteiger partial charge in [-0.15, -0.1) is 11.3 Å². The van der Waals surface area contributed by atoms with Gasteiger partial charge in [-0.1, -0.05) is 44.0 Å². The molecule has 15 heteroatoms. The molecule has 4 rings (SSSR count). The normalized spacial score (nSPS) is 12.2. The van der Waals surface area contributed by atoms with Crippen LogP contribution in [0.15, 0.2) is 77.0 Å². The summed E-state index contributed by atoms with van der Waals surface area (Å²) in [6.45, 7) is 1.94. The number of carbonyl (C=O) groups excluding carboxylic acids is 2. The molecule has 1 heterocycles. The third kappa shape index (κ3) is 8.48. The maximum absolute atomic E-state index is 13.3. The molecule has 0 saturated carbocycles. The van der Waals surface area contributed by atoms with Gasteiger partial charge in [0, 0.05) is 28.5 Å². The summed E-state index contributed by atoms with van der Waals surface area (Å²) in [6.07, 6.45) is -7.83. The van der Waals surface area contributed by atoms with E-state index in [9.17, 15) is 44.3 Å². The van der Waals surface area contributed by atoms with Crippen molar-refractivity contribution in [2.24, 2.45) is 0 Å². The van der Waals surface area contributed by atoms with Gasteiger partial charge in [-0.3, -0.25) is 9.59 Å². The van der Waals surface area contributed by atoms with E-state index < -0.39 is 45.3 Å². The van der Waals surface area contributed by atoms with Gasteiger partial charge in [-0.05, 0) is 48.9 Å². The lowest BCUT2D eigenvalue weighted by Crippen LogP contribution is -2.31. The van der Waals surface area contributed by atoms with Crippen LogP contribution < -0.4 is 10.0 Å². The molecule has 7 nitrogen and oxygen atoms in total. The standard InChI is InChI=1S/C30H25F6N3O4S2/c1-2-3-4-9-26(40)39-45(42,43)25-8-6-5-7-23(25)37-27(41)18-10-12-19(13-11-18)28-38-24(17-44-28)20-14-21(29(31,32)33)16-22(15-20)30(34,35)36/h5-8,10-17H,2-4,9H2,1H3,(H,37,41)(H,39,40). The number of alkyl halides is 6. The average Bonchev–Trinajstić information content (AvgIpc) is 3.47. The molecule has 2 amide bonds. The van der Waals surface area contributed by atoms with Crippen molar-refractivity contribution in [2.75, 3.05) is 5.32 Å². The highest BCUT2D eigenvalue weighted by Gasteiger charge is 2.37. The number of unbranched alkanes of at least 4 members (excludes halogenated alkanes) is 2. The van der Waals surface area contributed by atoms with Gasteiger partial charge in [0.15, 0.2) is 0 Å². The monoisotopic (exact) mass is 669 g/mol. The summed E-state index contributed by atoms with van der Waals surface area (Å²) in [5, 5.41) is 4.11. The molecule has 45 heavy (non-hydrogen) atoms. The molecule has 0 fully saturated rings. The maximum Gasteiger partial charge on any atom is 0.416 e. The van der Waals surface area contributed by atoms with E-state index in [2.05, 4.69) is 10.3 Å². The Kier molecular flexibility index (Phi) is 10.0. The highest BCUT2D eigenvalue weighted by Crippen LogP contribution is 2.39. The van der Waals surface area contributed by atoms with Crippen LogP contribution in [0.5, 0.6) is 0 Å². The van der Waals surface area contributed by atoms with E-state index in [1.165, 1.54) is 53.9 Å². The first kappa shape index (κ1) is 33.6. The lowest BCUT2D eigenvalue weighted by molar-refractivity contribution is -0.143. The number of aromatic nitrogens is 1. The molecule has 4 aromatic rings. The van der Waals surface area contributed by atoms with Crippen LogP contribution in [0.4, 0.5) is 32.0 Å². The Bertz CT molecular complexity index is 1770. The van der Waals surface area contributed by atoms with Crippen LogP contribution in [0.25, 0.3) is 21.8 Å². The fourth-order valence-corrected chi connectivity index (χ4v) is 6.21. The van der Waals surface area contributed by atoms with Crippen LogP contribution in [0.1, 0.15) is 54.1 Å². The summed E-state index contributed by atoms with van der Waals surface area (Å²) in [5.74, 6) is -1.35. The van der Waals surface area contributed by atoms with Crippen molar-refractivity contribution in [1.82, 2.24) is 9.71 Å². The molecule has 0 aliphatic carbocycles. The predicted octanol–water partition coefficient (Wildman–Crippen LogP) is 8.15. The summed E-state index contributed by atoms with van der Waals surface area (Å²) in [6, 6.07) is 12.5. The fraction of sp³-hybridized carbons (Fsp3) is 0.233. The lowest BCUT2D eigenvalue weighted by atomic mass is 10.0. The average molecular weight is 670 g/mol. The minimum atomic E-state index is -5.00. The van der Waals surface area contributed by atoms with Crippen molar-refractivity contribution in [3.05, 3.63) is 88.8 Å².